The Morgan fingerprint density at radius 1 is 1.50 bits per heavy atom. The minimum Gasteiger partial charge on any atom is -0.496 e. The molecule has 1 aliphatic carbocycles. The number of ether oxygens (including phenoxy) is 2. The van der Waals surface area contributed by atoms with E-state index in [-0.39, 0.29) is 5.41 Å². The van der Waals surface area contributed by atoms with E-state index >= 15 is 0 Å². The van der Waals surface area contributed by atoms with E-state index in [0.717, 1.165) is 24.0 Å². The molecule has 1 aromatic carbocycles. The molecule has 14 heavy (non-hydrogen) atoms. The second-order valence-electron chi connectivity index (χ2n) is 4.38. The second-order valence-corrected chi connectivity index (χ2v) is 4.38. The molecule has 1 unspecified atom stereocenters. The van der Waals surface area contributed by atoms with Crippen molar-refractivity contribution >= 4 is 0 Å². The van der Waals surface area contributed by atoms with E-state index < -0.39 is 0 Å². The SMILES string of the molecule is COc1cccc2c1C1(CO2)C[C@H]1C. The van der Waals surface area contributed by atoms with Crippen LogP contribution in [0.25, 0.3) is 0 Å². The van der Waals surface area contributed by atoms with Gasteiger partial charge < -0.3 is 9.47 Å². The van der Waals surface area contributed by atoms with Crippen molar-refractivity contribution in [3.63, 3.8) is 0 Å². The predicted octanol–water partition coefficient (Wildman–Crippen LogP) is 2.37. The van der Waals surface area contributed by atoms with Crippen LogP contribution in [0.15, 0.2) is 18.2 Å². The molecule has 2 heteroatoms. The van der Waals surface area contributed by atoms with Gasteiger partial charge in [-0.2, -0.15) is 0 Å². The predicted molar refractivity (Wildman–Crippen MR) is 53.9 cm³/mol. The first-order chi connectivity index (χ1) is 6.78. The summed E-state index contributed by atoms with van der Waals surface area (Å²) in [4.78, 5) is 0. The van der Waals surface area contributed by atoms with Crippen LogP contribution in [0.3, 0.4) is 0 Å². The number of rotatable bonds is 1. The summed E-state index contributed by atoms with van der Waals surface area (Å²) in [6, 6.07) is 6.06. The third-order valence-electron chi connectivity index (χ3n) is 3.64. The molecule has 0 saturated heterocycles. The zero-order valence-electron chi connectivity index (χ0n) is 8.54. The van der Waals surface area contributed by atoms with Crippen molar-refractivity contribution in [2.45, 2.75) is 18.8 Å². The van der Waals surface area contributed by atoms with Crippen LogP contribution in [-0.2, 0) is 5.41 Å². The van der Waals surface area contributed by atoms with E-state index in [1.807, 2.05) is 18.2 Å². The molecule has 2 atom stereocenters. The average molecular weight is 190 g/mol. The molecule has 0 radical (unpaired) electrons. The molecule has 0 bridgehead atoms. The van der Waals surface area contributed by atoms with Crippen molar-refractivity contribution in [3.05, 3.63) is 23.8 Å². The maximum atomic E-state index is 5.71. The van der Waals surface area contributed by atoms with Gasteiger partial charge in [0.15, 0.2) is 0 Å². The molecule has 1 aliphatic heterocycles. The molecule has 0 aromatic heterocycles. The summed E-state index contributed by atoms with van der Waals surface area (Å²) >= 11 is 0. The van der Waals surface area contributed by atoms with E-state index in [2.05, 4.69) is 6.92 Å². The van der Waals surface area contributed by atoms with Crippen LogP contribution in [0, 0.1) is 5.92 Å². The number of benzene rings is 1. The Morgan fingerprint density at radius 3 is 2.93 bits per heavy atom. The second kappa shape index (κ2) is 2.44. The van der Waals surface area contributed by atoms with Gasteiger partial charge in [0.2, 0.25) is 0 Å². The van der Waals surface area contributed by atoms with Gasteiger partial charge in [0, 0.05) is 11.0 Å². The lowest BCUT2D eigenvalue weighted by molar-refractivity contribution is 0.316. The van der Waals surface area contributed by atoms with Crippen molar-refractivity contribution in [1.82, 2.24) is 0 Å². The third-order valence-corrected chi connectivity index (χ3v) is 3.64. The Hall–Kier alpha value is -1.18. The lowest BCUT2D eigenvalue weighted by Crippen LogP contribution is -2.11. The lowest BCUT2D eigenvalue weighted by atomic mass is 9.95. The van der Waals surface area contributed by atoms with Crippen molar-refractivity contribution < 1.29 is 9.47 Å². The van der Waals surface area contributed by atoms with Crippen LogP contribution in [0.1, 0.15) is 18.9 Å². The molecular weight excluding hydrogens is 176 g/mol. The van der Waals surface area contributed by atoms with Gasteiger partial charge in [0.05, 0.1) is 13.7 Å². The first-order valence-electron chi connectivity index (χ1n) is 5.08. The normalized spacial score (nSPS) is 32.6. The number of fused-ring (bicyclic) bond motifs is 2. The number of hydrogen-bond acceptors (Lipinski definition) is 2. The van der Waals surface area contributed by atoms with E-state index in [1.54, 1.807) is 7.11 Å². The van der Waals surface area contributed by atoms with Gasteiger partial charge in [-0.25, -0.2) is 0 Å². The maximum Gasteiger partial charge on any atom is 0.126 e. The first-order valence-corrected chi connectivity index (χ1v) is 5.08. The molecule has 0 N–H and O–H groups in total. The molecular formula is C12H14O2. The van der Waals surface area contributed by atoms with Gasteiger partial charge in [-0.05, 0) is 24.5 Å². The van der Waals surface area contributed by atoms with Crippen LogP contribution >= 0.6 is 0 Å². The fourth-order valence-corrected chi connectivity index (χ4v) is 2.61. The van der Waals surface area contributed by atoms with Crippen molar-refractivity contribution in [1.29, 1.82) is 0 Å². The van der Waals surface area contributed by atoms with Gasteiger partial charge in [0.25, 0.3) is 0 Å². The Bertz CT molecular complexity index is 386. The summed E-state index contributed by atoms with van der Waals surface area (Å²) in [6.45, 7) is 3.12. The van der Waals surface area contributed by atoms with Gasteiger partial charge in [-0.1, -0.05) is 13.0 Å². The Balaban J connectivity index is 2.17. The summed E-state index contributed by atoms with van der Waals surface area (Å²) in [5.41, 5.74) is 1.58. The van der Waals surface area contributed by atoms with Gasteiger partial charge in [0.1, 0.15) is 11.5 Å². The highest BCUT2D eigenvalue weighted by Gasteiger charge is 2.58. The minimum absolute atomic E-state index is 0.280. The van der Waals surface area contributed by atoms with Gasteiger partial charge >= 0.3 is 0 Å². The standard InChI is InChI=1S/C12H14O2/c1-8-6-12(8)7-14-10-5-3-4-9(13-2)11(10)12/h3-5,8H,6-7H2,1-2H3/t8-,12?/m1/s1. The van der Waals surface area contributed by atoms with Gasteiger partial charge in [-0.3, -0.25) is 0 Å². The molecule has 0 amide bonds. The van der Waals surface area contributed by atoms with E-state index in [1.165, 1.54) is 12.0 Å². The first kappa shape index (κ1) is 8.16. The molecule has 1 saturated carbocycles. The van der Waals surface area contributed by atoms with Crippen LogP contribution < -0.4 is 9.47 Å². The minimum atomic E-state index is 0.280. The molecule has 3 rings (SSSR count). The summed E-state index contributed by atoms with van der Waals surface area (Å²) < 4.78 is 11.1. The molecule has 2 nitrogen and oxygen atoms in total. The van der Waals surface area contributed by atoms with Crippen molar-refractivity contribution in [3.8, 4) is 11.5 Å². The van der Waals surface area contributed by atoms with Crippen LogP contribution in [0.2, 0.25) is 0 Å². The highest BCUT2D eigenvalue weighted by atomic mass is 16.5. The molecule has 1 aromatic rings. The van der Waals surface area contributed by atoms with Gasteiger partial charge in [-0.15, -0.1) is 0 Å². The topological polar surface area (TPSA) is 18.5 Å². The fourth-order valence-electron chi connectivity index (χ4n) is 2.61. The van der Waals surface area contributed by atoms with Crippen LogP contribution in [-0.4, -0.2) is 13.7 Å². The maximum absolute atomic E-state index is 5.71. The summed E-state index contributed by atoms with van der Waals surface area (Å²) in [5.74, 6) is 2.75. The summed E-state index contributed by atoms with van der Waals surface area (Å²) in [6.07, 6.45) is 1.24. The van der Waals surface area contributed by atoms with E-state index in [4.69, 9.17) is 9.47 Å². The monoisotopic (exact) mass is 190 g/mol. The van der Waals surface area contributed by atoms with E-state index in [0.29, 0.717) is 0 Å². The zero-order valence-corrected chi connectivity index (χ0v) is 8.54. The fraction of sp³-hybridized carbons (Fsp3) is 0.500. The highest BCUT2D eigenvalue weighted by molar-refractivity contribution is 5.56. The van der Waals surface area contributed by atoms with Crippen LogP contribution in [0.4, 0.5) is 0 Å². The van der Waals surface area contributed by atoms with Crippen molar-refractivity contribution in [2.75, 3.05) is 13.7 Å². The number of hydrogen-bond donors (Lipinski definition) is 0. The quantitative estimate of drug-likeness (QED) is 0.676. The third kappa shape index (κ3) is 0.813. The molecule has 2 aliphatic rings. The largest absolute Gasteiger partial charge is 0.496 e. The average Bonchev–Trinajstić information content (AvgIpc) is 2.69. The molecule has 74 valence electrons. The molecule has 1 spiro atoms. The lowest BCUT2D eigenvalue weighted by Gasteiger charge is -2.10. The Labute approximate surface area is 83.8 Å². The zero-order chi connectivity index (χ0) is 9.76. The Kier molecular flexibility index (Phi) is 1.42. The summed E-state index contributed by atoms with van der Waals surface area (Å²) in [5, 5.41) is 0. The molecule has 1 fully saturated rings. The highest BCUT2D eigenvalue weighted by Crippen LogP contribution is 2.62. The Morgan fingerprint density at radius 2 is 2.29 bits per heavy atom. The smallest absolute Gasteiger partial charge is 0.126 e. The van der Waals surface area contributed by atoms with Crippen molar-refractivity contribution in [2.24, 2.45) is 5.92 Å². The van der Waals surface area contributed by atoms with Crippen LogP contribution in [0.5, 0.6) is 11.5 Å². The van der Waals surface area contributed by atoms with E-state index in [9.17, 15) is 0 Å². The number of methoxy groups -OCH3 is 1. The molecule has 1 heterocycles. The summed E-state index contributed by atoms with van der Waals surface area (Å²) in [7, 11) is 1.73.